The van der Waals surface area contributed by atoms with Crippen molar-refractivity contribution in [1.82, 2.24) is 4.90 Å². The Morgan fingerprint density at radius 1 is 0.971 bits per heavy atom. The number of phenols is 1. The SMILES string of the molecule is COc1cc(C2C(C(=O)c3ccco3)=C(O)C(=O)N2CCc2ccc(OC)c(OC)c2)ccc1O. The molecule has 182 valence electrons. The van der Waals surface area contributed by atoms with Crippen LogP contribution in [0.3, 0.4) is 0 Å². The van der Waals surface area contributed by atoms with E-state index >= 15 is 0 Å². The highest BCUT2D eigenvalue weighted by molar-refractivity contribution is 6.15. The van der Waals surface area contributed by atoms with Crippen LogP contribution in [0.2, 0.25) is 0 Å². The monoisotopic (exact) mass is 479 g/mol. The molecule has 9 nitrogen and oxygen atoms in total. The van der Waals surface area contributed by atoms with E-state index in [0.717, 1.165) is 5.56 Å². The Kier molecular flexibility index (Phi) is 6.68. The van der Waals surface area contributed by atoms with Crippen molar-refractivity contribution in [2.75, 3.05) is 27.9 Å². The first kappa shape index (κ1) is 23.7. The largest absolute Gasteiger partial charge is 0.504 e. The van der Waals surface area contributed by atoms with Crippen LogP contribution >= 0.6 is 0 Å². The molecule has 2 N–H and O–H groups in total. The minimum atomic E-state index is -0.922. The average Bonchev–Trinajstić information content (AvgIpc) is 3.50. The molecule has 3 aromatic rings. The molecule has 1 aliphatic rings. The maximum Gasteiger partial charge on any atom is 0.290 e. The molecule has 1 aromatic heterocycles. The van der Waals surface area contributed by atoms with E-state index in [1.54, 1.807) is 31.4 Å². The molecule has 0 bridgehead atoms. The smallest absolute Gasteiger partial charge is 0.290 e. The van der Waals surface area contributed by atoms with Crippen molar-refractivity contribution in [3.63, 3.8) is 0 Å². The Morgan fingerprint density at radius 3 is 2.37 bits per heavy atom. The zero-order chi connectivity index (χ0) is 25.1. The Bertz CT molecular complexity index is 1280. The zero-order valence-corrected chi connectivity index (χ0v) is 19.5. The highest BCUT2D eigenvalue weighted by atomic mass is 16.5. The first-order valence-electron chi connectivity index (χ1n) is 10.8. The van der Waals surface area contributed by atoms with Crippen LogP contribution < -0.4 is 14.2 Å². The number of rotatable bonds is 9. The van der Waals surface area contributed by atoms with E-state index in [1.807, 2.05) is 6.07 Å². The molecule has 0 spiro atoms. The van der Waals surface area contributed by atoms with Crippen molar-refractivity contribution >= 4 is 11.7 Å². The second-order valence-electron chi connectivity index (χ2n) is 7.84. The van der Waals surface area contributed by atoms with Crippen LogP contribution in [-0.2, 0) is 11.2 Å². The lowest BCUT2D eigenvalue weighted by Crippen LogP contribution is -2.33. The second-order valence-corrected chi connectivity index (χ2v) is 7.84. The molecule has 0 saturated heterocycles. The third kappa shape index (κ3) is 4.40. The number of aliphatic hydroxyl groups excluding tert-OH is 1. The molecule has 35 heavy (non-hydrogen) atoms. The fourth-order valence-corrected chi connectivity index (χ4v) is 4.15. The average molecular weight is 479 g/mol. The van der Waals surface area contributed by atoms with Gasteiger partial charge in [0.15, 0.2) is 34.5 Å². The van der Waals surface area contributed by atoms with E-state index in [9.17, 15) is 19.8 Å². The number of hydrogen-bond donors (Lipinski definition) is 2. The number of benzene rings is 2. The van der Waals surface area contributed by atoms with Gasteiger partial charge in [0.05, 0.1) is 39.2 Å². The highest BCUT2D eigenvalue weighted by Crippen LogP contribution is 2.41. The molecule has 2 heterocycles. The summed E-state index contributed by atoms with van der Waals surface area (Å²) >= 11 is 0. The third-order valence-corrected chi connectivity index (χ3v) is 5.90. The number of nitrogens with zero attached hydrogens (tertiary/aromatic N) is 1. The van der Waals surface area contributed by atoms with Gasteiger partial charge < -0.3 is 33.7 Å². The van der Waals surface area contributed by atoms with E-state index < -0.39 is 23.5 Å². The van der Waals surface area contributed by atoms with Crippen molar-refractivity contribution in [3.8, 4) is 23.0 Å². The van der Waals surface area contributed by atoms with Crippen molar-refractivity contribution in [3.05, 3.63) is 83.0 Å². The van der Waals surface area contributed by atoms with Gasteiger partial charge in [-0.2, -0.15) is 0 Å². The lowest BCUT2D eigenvalue weighted by atomic mass is 9.94. The molecule has 0 aliphatic carbocycles. The molecule has 9 heteroatoms. The molecular formula is C26H25NO8. The lowest BCUT2D eigenvalue weighted by molar-refractivity contribution is -0.129. The number of carbonyl (C=O) groups excluding carboxylic acids is 2. The van der Waals surface area contributed by atoms with Crippen LogP contribution in [-0.4, -0.2) is 54.7 Å². The van der Waals surface area contributed by atoms with Gasteiger partial charge in [0.2, 0.25) is 5.78 Å². The predicted octanol–water partition coefficient (Wildman–Crippen LogP) is 3.83. The van der Waals surface area contributed by atoms with Gasteiger partial charge in [0.25, 0.3) is 5.91 Å². The zero-order valence-electron chi connectivity index (χ0n) is 19.5. The number of Topliss-reactive ketones (excluding diaryl/α,β-unsaturated/α-hetero) is 1. The fraction of sp³-hybridized carbons (Fsp3) is 0.231. The first-order chi connectivity index (χ1) is 16.9. The van der Waals surface area contributed by atoms with Crippen molar-refractivity contribution in [2.24, 2.45) is 0 Å². The molecule has 2 aromatic carbocycles. The Labute approximate surface area is 201 Å². The van der Waals surface area contributed by atoms with Crippen LogP contribution in [0.1, 0.15) is 27.7 Å². The van der Waals surface area contributed by atoms with Gasteiger partial charge in [0.1, 0.15) is 0 Å². The lowest BCUT2D eigenvalue weighted by Gasteiger charge is -2.27. The standard InChI is InChI=1S/C26H25NO8/c1-32-18-9-6-15(13-21(18)34-3)10-11-27-23(16-7-8-17(28)20(14-16)33-2)22(25(30)26(27)31)24(29)19-5-4-12-35-19/h4-9,12-14,23,28,30H,10-11H2,1-3H3. The quantitative estimate of drug-likeness (QED) is 0.445. The number of amides is 1. The number of ketones is 1. The summed E-state index contributed by atoms with van der Waals surface area (Å²) in [6.07, 6.45) is 1.75. The van der Waals surface area contributed by atoms with E-state index in [2.05, 4.69) is 0 Å². The number of furan rings is 1. The summed E-state index contributed by atoms with van der Waals surface area (Å²) in [5, 5.41) is 20.8. The van der Waals surface area contributed by atoms with Gasteiger partial charge in [-0.25, -0.2) is 0 Å². The van der Waals surface area contributed by atoms with Crippen molar-refractivity contribution in [1.29, 1.82) is 0 Å². The van der Waals surface area contributed by atoms with E-state index in [4.69, 9.17) is 18.6 Å². The summed E-state index contributed by atoms with van der Waals surface area (Å²) in [5.41, 5.74) is 1.24. The number of carbonyl (C=O) groups is 2. The van der Waals surface area contributed by atoms with Gasteiger partial charge in [-0.15, -0.1) is 0 Å². The van der Waals surface area contributed by atoms with E-state index in [1.165, 1.54) is 43.6 Å². The van der Waals surface area contributed by atoms with E-state index in [0.29, 0.717) is 23.5 Å². The normalized spacial score (nSPS) is 15.5. The van der Waals surface area contributed by atoms with Crippen molar-refractivity contribution in [2.45, 2.75) is 12.5 Å². The minimum absolute atomic E-state index is 0.00293. The summed E-state index contributed by atoms with van der Waals surface area (Å²) in [6, 6.07) is 12.0. The van der Waals surface area contributed by atoms with Crippen LogP contribution in [0.15, 0.2) is 70.5 Å². The topological polar surface area (TPSA) is 119 Å². The maximum atomic E-state index is 13.2. The number of hydrogen-bond acceptors (Lipinski definition) is 8. The molecule has 0 fully saturated rings. The van der Waals surface area contributed by atoms with Crippen LogP contribution in [0.5, 0.6) is 23.0 Å². The van der Waals surface area contributed by atoms with Crippen LogP contribution in [0.25, 0.3) is 0 Å². The molecule has 0 radical (unpaired) electrons. The highest BCUT2D eigenvalue weighted by Gasteiger charge is 2.44. The second kappa shape index (κ2) is 9.84. The van der Waals surface area contributed by atoms with Gasteiger partial charge in [-0.3, -0.25) is 9.59 Å². The summed E-state index contributed by atoms with van der Waals surface area (Å²) in [5.74, 6) is -0.729. The van der Waals surface area contributed by atoms with Crippen LogP contribution in [0.4, 0.5) is 0 Å². The molecule has 1 amide bonds. The van der Waals surface area contributed by atoms with Gasteiger partial charge in [-0.1, -0.05) is 12.1 Å². The van der Waals surface area contributed by atoms with Crippen LogP contribution in [0, 0.1) is 0 Å². The van der Waals surface area contributed by atoms with E-state index in [-0.39, 0.29) is 29.4 Å². The molecule has 1 unspecified atom stereocenters. The molecule has 1 atom stereocenters. The van der Waals surface area contributed by atoms with Gasteiger partial charge in [0, 0.05) is 6.54 Å². The summed E-state index contributed by atoms with van der Waals surface area (Å²) in [6.45, 7) is 0.182. The number of aromatic hydroxyl groups is 1. The number of aliphatic hydroxyl groups is 1. The number of phenolic OH excluding ortho intramolecular Hbond substituents is 1. The Morgan fingerprint density at radius 2 is 1.71 bits per heavy atom. The summed E-state index contributed by atoms with van der Waals surface area (Å²) in [4.78, 5) is 27.8. The fourth-order valence-electron chi connectivity index (χ4n) is 4.15. The number of ether oxygens (including phenoxy) is 3. The first-order valence-corrected chi connectivity index (χ1v) is 10.8. The van der Waals surface area contributed by atoms with Crippen molar-refractivity contribution < 1.29 is 38.4 Å². The minimum Gasteiger partial charge on any atom is -0.504 e. The number of methoxy groups -OCH3 is 3. The summed E-state index contributed by atoms with van der Waals surface area (Å²) in [7, 11) is 4.48. The summed E-state index contributed by atoms with van der Waals surface area (Å²) < 4.78 is 21.1. The Balaban J connectivity index is 1.71. The maximum absolute atomic E-state index is 13.2. The molecule has 1 aliphatic heterocycles. The Hall–Kier alpha value is -4.40. The molecular weight excluding hydrogens is 454 g/mol. The van der Waals surface area contributed by atoms with Gasteiger partial charge >= 0.3 is 0 Å². The molecule has 0 saturated carbocycles. The molecule has 4 rings (SSSR count). The predicted molar refractivity (Wildman–Crippen MR) is 125 cm³/mol. The van der Waals surface area contributed by atoms with Gasteiger partial charge in [-0.05, 0) is 53.9 Å². The third-order valence-electron chi connectivity index (χ3n) is 5.90.